The first-order valence-corrected chi connectivity index (χ1v) is 3.31. The van der Waals surface area contributed by atoms with Crippen LogP contribution in [0.1, 0.15) is 20.3 Å². The van der Waals surface area contributed by atoms with Crippen LogP contribution in [0.4, 0.5) is 0 Å². The van der Waals surface area contributed by atoms with E-state index in [1.54, 1.807) is 0 Å². The van der Waals surface area contributed by atoms with E-state index in [-0.39, 0.29) is 18.0 Å². The normalized spacial score (nSPS) is 6.70. The summed E-state index contributed by atoms with van der Waals surface area (Å²) in [6, 6.07) is 0. The zero-order valence-corrected chi connectivity index (χ0v) is 7.40. The molecule has 59 valence electrons. The first-order chi connectivity index (χ1) is 4.54. The summed E-state index contributed by atoms with van der Waals surface area (Å²) in [6.45, 7) is 2.81. The van der Waals surface area contributed by atoms with Gasteiger partial charge in [-0.3, -0.25) is 9.59 Å². The first kappa shape index (κ1) is 12.2. The fourth-order valence-electron chi connectivity index (χ4n) is 0.351. The third kappa shape index (κ3) is 25.7. The van der Waals surface area contributed by atoms with Crippen molar-refractivity contribution in [1.82, 2.24) is 0 Å². The van der Waals surface area contributed by atoms with Gasteiger partial charge in [-0.1, -0.05) is 0 Å². The van der Waals surface area contributed by atoms with E-state index < -0.39 is 0 Å². The minimum atomic E-state index is -0.0625. The number of carbonyl (C=O) groups excluding carboxylic acids is 3. The van der Waals surface area contributed by atoms with Crippen LogP contribution in [0.3, 0.4) is 0 Å². The van der Waals surface area contributed by atoms with Crippen LogP contribution in [0.25, 0.3) is 0 Å². The second-order valence-electron chi connectivity index (χ2n) is 1.65. The third-order valence-electron chi connectivity index (χ3n) is 0.498. The van der Waals surface area contributed by atoms with Crippen molar-refractivity contribution in [2.24, 2.45) is 0 Å². The fraction of sp³-hybridized carbons (Fsp3) is 0.500. The van der Waals surface area contributed by atoms with Crippen molar-refractivity contribution in [1.29, 1.82) is 0 Å². The number of Topliss-reactive ketones (excluding diaryl/α,β-unsaturated/α-hetero) is 2. The number of ketones is 2. The molecule has 4 heteroatoms. The summed E-state index contributed by atoms with van der Waals surface area (Å²) in [5.41, 5.74) is 0. The molecule has 0 aromatic rings. The Hall–Kier alpha value is -0.457. The van der Waals surface area contributed by atoms with E-state index >= 15 is 0 Å². The molecule has 0 unspecified atom stereocenters. The zero-order valence-electron chi connectivity index (χ0n) is 5.77. The van der Waals surface area contributed by atoms with Gasteiger partial charge in [-0.15, -0.1) is 0 Å². The molecular formula is C6H8O3Rh. The summed E-state index contributed by atoms with van der Waals surface area (Å²) in [5.74, 6) is -0.125. The fourth-order valence-corrected chi connectivity index (χ4v) is 0.351. The van der Waals surface area contributed by atoms with E-state index in [0.29, 0.717) is 0 Å². The zero-order chi connectivity index (χ0) is 8.57. The van der Waals surface area contributed by atoms with Crippen LogP contribution in [-0.4, -0.2) is 16.0 Å². The Kier molecular flexibility index (Phi) is 10.5. The predicted octanol–water partition coefficient (Wildman–Crippen LogP) is 0.155. The van der Waals surface area contributed by atoms with Crippen LogP contribution in [-0.2, 0) is 32.2 Å². The number of hydrogen-bond donors (Lipinski definition) is 0. The molecule has 0 heterocycles. The van der Waals surface area contributed by atoms with Gasteiger partial charge < -0.3 is 0 Å². The van der Waals surface area contributed by atoms with Crippen LogP contribution < -0.4 is 0 Å². The SMILES string of the molecule is CC(=O)CC(C)=O.O=[C]=[Rh]. The molecule has 10 heavy (non-hydrogen) atoms. The van der Waals surface area contributed by atoms with Gasteiger partial charge in [0.25, 0.3) is 0 Å². The summed E-state index contributed by atoms with van der Waals surface area (Å²) >= 11 is 1.92. The monoisotopic (exact) mass is 231 g/mol. The Labute approximate surface area is 69.0 Å². The van der Waals surface area contributed by atoms with Crippen LogP contribution in [0.5, 0.6) is 0 Å². The second kappa shape index (κ2) is 8.54. The van der Waals surface area contributed by atoms with E-state index in [0.717, 1.165) is 0 Å². The maximum absolute atomic E-state index is 10.0. The molecule has 3 nitrogen and oxygen atoms in total. The molecular weight excluding hydrogens is 223 g/mol. The topological polar surface area (TPSA) is 51.2 Å². The average Bonchev–Trinajstić information content (AvgIpc) is 1.62. The van der Waals surface area contributed by atoms with E-state index in [4.69, 9.17) is 4.79 Å². The van der Waals surface area contributed by atoms with Gasteiger partial charge in [0.1, 0.15) is 11.6 Å². The Morgan fingerprint density at radius 3 is 1.50 bits per heavy atom. The molecule has 0 aliphatic rings. The number of carbonyl (C=O) groups is 2. The molecule has 0 saturated carbocycles. The summed E-state index contributed by atoms with van der Waals surface area (Å²) in [7, 11) is 0. The van der Waals surface area contributed by atoms with Crippen molar-refractivity contribution in [2.75, 3.05) is 0 Å². The van der Waals surface area contributed by atoms with Gasteiger partial charge in [0.05, 0.1) is 6.42 Å². The summed E-state index contributed by atoms with van der Waals surface area (Å²) in [5, 5.41) is 0. The quantitative estimate of drug-likeness (QED) is 0.502. The third-order valence-corrected chi connectivity index (χ3v) is 0.498. The standard InChI is InChI=1S/C5H8O2.CO.Rh/c1-4(6)3-5(2)7;1-2;/h3H2,1-2H3;;. The van der Waals surface area contributed by atoms with Crippen molar-refractivity contribution in [3.05, 3.63) is 0 Å². The van der Waals surface area contributed by atoms with Gasteiger partial charge in [-0.05, 0) is 13.8 Å². The van der Waals surface area contributed by atoms with Crippen LogP contribution in [0, 0.1) is 0 Å². The molecule has 0 aliphatic carbocycles. The maximum atomic E-state index is 10.0. The molecule has 0 aromatic heterocycles. The van der Waals surface area contributed by atoms with Gasteiger partial charge >= 0.3 is 27.1 Å². The predicted molar refractivity (Wildman–Crippen MR) is 31.7 cm³/mol. The van der Waals surface area contributed by atoms with Crippen LogP contribution in [0.15, 0.2) is 0 Å². The van der Waals surface area contributed by atoms with Gasteiger partial charge in [0.15, 0.2) is 0 Å². The molecule has 0 fully saturated rings. The van der Waals surface area contributed by atoms with Crippen molar-refractivity contribution in [2.45, 2.75) is 20.3 Å². The van der Waals surface area contributed by atoms with Gasteiger partial charge in [-0.25, -0.2) is 0 Å². The van der Waals surface area contributed by atoms with Gasteiger partial charge in [-0.2, -0.15) is 0 Å². The molecule has 0 atom stereocenters. The van der Waals surface area contributed by atoms with Gasteiger partial charge in [0.2, 0.25) is 0 Å². The van der Waals surface area contributed by atoms with Crippen LogP contribution >= 0.6 is 0 Å². The molecule has 0 spiro atoms. The van der Waals surface area contributed by atoms with Gasteiger partial charge in [0, 0.05) is 0 Å². The number of hydrogen-bond acceptors (Lipinski definition) is 3. The molecule has 0 aromatic carbocycles. The van der Waals surface area contributed by atoms with Crippen LogP contribution in [0.2, 0.25) is 0 Å². The Morgan fingerprint density at radius 1 is 1.30 bits per heavy atom. The average molecular weight is 231 g/mol. The van der Waals surface area contributed by atoms with E-state index in [1.165, 1.54) is 18.3 Å². The number of rotatable bonds is 2. The minimum absolute atomic E-state index is 0.0625. The summed E-state index contributed by atoms with van der Waals surface area (Å²) in [6.07, 6.45) is 0.0833. The van der Waals surface area contributed by atoms with Crippen molar-refractivity contribution in [3.63, 3.8) is 0 Å². The molecule has 0 saturated heterocycles. The van der Waals surface area contributed by atoms with E-state index in [9.17, 15) is 9.59 Å². The van der Waals surface area contributed by atoms with E-state index in [1.807, 2.05) is 17.9 Å². The van der Waals surface area contributed by atoms with E-state index in [2.05, 4.69) is 0 Å². The Morgan fingerprint density at radius 2 is 1.50 bits per heavy atom. The Balaban J connectivity index is 0. The van der Waals surface area contributed by atoms with Crippen molar-refractivity contribution in [3.8, 4) is 0 Å². The molecule has 0 rings (SSSR count). The van der Waals surface area contributed by atoms with Crippen molar-refractivity contribution < 1.29 is 32.2 Å². The Bertz CT molecular complexity index is 144. The molecule has 0 amide bonds. The van der Waals surface area contributed by atoms with Crippen molar-refractivity contribution >= 4 is 16.0 Å². The molecule has 0 N–H and O–H groups in total. The first-order valence-electron chi connectivity index (χ1n) is 2.49. The molecule has 0 radical (unpaired) electrons. The second-order valence-corrected chi connectivity index (χ2v) is 1.98. The summed E-state index contributed by atoms with van der Waals surface area (Å²) < 4.78 is 1.39. The summed E-state index contributed by atoms with van der Waals surface area (Å²) in [4.78, 5) is 28.7. The molecule has 0 bridgehead atoms. The molecule has 0 aliphatic heterocycles.